The zero-order valence-electron chi connectivity index (χ0n) is 23.5. The van der Waals surface area contributed by atoms with E-state index in [9.17, 15) is 4.79 Å². The van der Waals surface area contributed by atoms with Crippen molar-refractivity contribution in [3.05, 3.63) is 41.5 Å². The van der Waals surface area contributed by atoms with Gasteiger partial charge in [-0.05, 0) is 106 Å². The SMILES string of the molecule is C=C(C)c1cccc(C)c1CCC.CC(=O)CC12CC3CCC1C(C3)C2.CCC1CNC(C)CN1. The molecule has 1 aliphatic heterocycles. The number of hydrogen-bond donors (Lipinski definition) is 2. The molecule has 6 unspecified atom stereocenters. The lowest BCUT2D eigenvalue weighted by atomic mass is 9.39. The largest absolute Gasteiger partial charge is 0.311 e. The van der Waals surface area contributed by atoms with Crippen LogP contribution in [0.25, 0.3) is 5.57 Å². The molecule has 6 atom stereocenters. The molecule has 0 amide bonds. The fourth-order valence-electron chi connectivity index (χ4n) is 7.48. The Bertz CT molecular complexity index is 853. The number of piperazine rings is 1. The van der Waals surface area contributed by atoms with Crippen LogP contribution in [0.5, 0.6) is 0 Å². The van der Waals surface area contributed by atoms with Crippen LogP contribution in [-0.2, 0) is 11.2 Å². The molecular formula is C32H52N2O. The Balaban J connectivity index is 0.000000150. The zero-order chi connectivity index (χ0) is 25.6. The topological polar surface area (TPSA) is 41.1 Å². The molecule has 6 rings (SSSR count). The van der Waals surface area contributed by atoms with Gasteiger partial charge in [0.25, 0.3) is 0 Å². The van der Waals surface area contributed by atoms with Crippen molar-refractivity contribution in [2.45, 2.75) is 111 Å². The second-order valence-corrected chi connectivity index (χ2v) is 12.1. The molecule has 3 heteroatoms. The molecular weight excluding hydrogens is 428 g/mol. The first-order valence-corrected chi connectivity index (χ1v) is 14.4. The van der Waals surface area contributed by atoms with Crippen molar-refractivity contribution in [1.29, 1.82) is 0 Å². The molecule has 0 aromatic heterocycles. The molecule has 5 aliphatic rings. The van der Waals surface area contributed by atoms with E-state index in [-0.39, 0.29) is 0 Å². The Labute approximate surface area is 215 Å². The van der Waals surface area contributed by atoms with E-state index in [2.05, 4.69) is 70.0 Å². The minimum atomic E-state index is 0.422. The highest BCUT2D eigenvalue weighted by Gasteiger charge is 2.60. The molecule has 196 valence electrons. The highest BCUT2D eigenvalue weighted by atomic mass is 16.1. The summed E-state index contributed by atoms with van der Waals surface area (Å²) in [7, 11) is 0. The van der Waals surface area contributed by atoms with Crippen LogP contribution in [0.1, 0.15) is 103 Å². The third kappa shape index (κ3) is 7.07. The number of hydrogen-bond acceptors (Lipinski definition) is 3. The number of allylic oxidation sites excluding steroid dienone is 1. The first kappa shape index (κ1) is 28.1. The molecule has 1 saturated heterocycles. The standard InChI is InChI=1S/C13H18.C12H18O.C7H16N2/c1-5-7-13-11(4)8-6-9-12(13)10(2)3;1-8(13)5-12-6-9-2-3-11(12)10(4-9)7-12;1-3-7-5-8-6(2)4-9-7/h6,8-9H,2,5,7H2,1,3-4H3;9-11H,2-7H2,1H3;6-9H,3-5H2,1-2H3. The van der Waals surface area contributed by atoms with Gasteiger partial charge in [-0.25, -0.2) is 0 Å². The van der Waals surface area contributed by atoms with Gasteiger partial charge in [-0.3, -0.25) is 0 Å². The number of Topliss-reactive ketones (excluding diaryl/α,β-unsaturated/α-hetero) is 1. The average molecular weight is 481 g/mol. The van der Waals surface area contributed by atoms with Crippen molar-refractivity contribution in [3.63, 3.8) is 0 Å². The fourth-order valence-corrected chi connectivity index (χ4v) is 7.48. The van der Waals surface area contributed by atoms with Crippen LogP contribution in [0.2, 0.25) is 0 Å². The number of fused-ring (bicyclic) bond motifs is 1. The smallest absolute Gasteiger partial charge is 0.130 e. The molecule has 5 fully saturated rings. The summed E-state index contributed by atoms with van der Waals surface area (Å²) >= 11 is 0. The fraction of sp³-hybridized carbons (Fsp3) is 0.719. The van der Waals surface area contributed by atoms with Crippen LogP contribution in [0.3, 0.4) is 0 Å². The summed E-state index contributed by atoms with van der Waals surface area (Å²) in [6.45, 7) is 18.9. The number of carbonyl (C=O) groups is 1. The maximum atomic E-state index is 11.2. The van der Waals surface area contributed by atoms with Crippen LogP contribution in [-0.4, -0.2) is 31.0 Å². The van der Waals surface area contributed by atoms with Crippen LogP contribution in [0.15, 0.2) is 24.8 Å². The van der Waals surface area contributed by atoms with Crippen molar-refractivity contribution in [2.24, 2.45) is 23.2 Å². The van der Waals surface area contributed by atoms with Crippen LogP contribution in [0.4, 0.5) is 0 Å². The van der Waals surface area contributed by atoms with Gasteiger partial charge >= 0.3 is 0 Å². The van der Waals surface area contributed by atoms with E-state index >= 15 is 0 Å². The van der Waals surface area contributed by atoms with Crippen molar-refractivity contribution >= 4 is 11.4 Å². The molecule has 4 saturated carbocycles. The number of carbonyl (C=O) groups excluding carboxylic acids is 1. The Morgan fingerprint density at radius 2 is 1.89 bits per heavy atom. The lowest BCUT2D eigenvalue weighted by Gasteiger charge is -2.65. The zero-order valence-corrected chi connectivity index (χ0v) is 23.5. The van der Waals surface area contributed by atoms with E-state index in [4.69, 9.17) is 0 Å². The highest BCUT2D eigenvalue weighted by Crippen LogP contribution is 2.68. The van der Waals surface area contributed by atoms with Crippen molar-refractivity contribution in [1.82, 2.24) is 10.6 Å². The Morgan fingerprint density at radius 3 is 2.40 bits per heavy atom. The summed E-state index contributed by atoms with van der Waals surface area (Å²) in [4.78, 5) is 11.2. The highest BCUT2D eigenvalue weighted by molar-refractivity contribution is 5.76. The minimum absolute atomic E-state index is 0.422. The van der Waals surface area contributed by atoms with Gasteiger partial charge in [0.1, 0.15) is 5.78 Å². The monoisotopic (exact) mass is 480 g/mol. The number of nitrogens with one attached hydrogen (secondary N) is 2. The Hall–Kier alpha value is -1.45. The lowest BCUT2D eigenvalue weighted by Crippen LogP contribution is -2.57. The van der Waals surface area contributed by atoms with Gasteiger partial charge in [0.05, 0.1) is 0 Å². The number of ketones is 1. The number of rotatable bonds is 6. The van der Waals surface area contributed by atoms with Crippen molar-refractivity contribution < 1.29 is 4.79 Å². The van der Waals surface area contributed by atoms with Crippen molar-refractivity contribution in [3.8, 4) is 0 Å². The van der Waals surface area contributed by atoms with Gasteiger partial charge in [0, 0.05) is 31.6 Å². The summed E-state index contributed by atoms with van der Waals surface area (Å²) in [6.07, 6.45) is 11.6. The summed E-state index contributed by atoms with van der Waals surface area (Å²) in [5.41, 5.74) is 5.88. The van der Waals surface area contributed by atoms with E-state index in [1.807, 2.05) is 0 Å². The summed E-state index contributed by atoms with van der Waals surface area (Å²) in [5.74, 6) is 3.38. The predicted octanol–water partition coefficient (Wildman–Crippen LogP) is 7.12. The maximum absolute atomic E-state index is 11.2. The lowest BCUT2D eigenvalue weighted by molar-refractivity contribution is -0.166. The molecule has 35 heavy (non-hydrogen) atoms. The minimum Gasteiger partial charge on any atom is -0.311 e. The van der Waals surface area contributed by atoms with Crippen LogP contribution >= 0.6 is 0 Å². The van der Waals surface area contributed by atoms with E-state index in [0.717, 1.165) is 43.7 Å². The molecule has 1 aromatic rings. The van der Waals surface area contributed by atoms with Crippen LogP contribution in [0, 0.1) is 30.1 Å². The quantitative estimate of drug-likeness (QED) is 0.455. The predicted molar refractivity (Wildman–Crippen MR) is 151 cm³/mol. The van der Waals surface area contributed by atoms with Crippen LogP contribution < -0.4 is 10.6 Å². The maximum Gasteiger partial charge on any atom is 0.130 e. The number of benzene rings is 1. The van der Waals surface area contributed by atoms with Gasteiger partial charge in [0.15, 0.2) is 0 Å². The summed E-state index contributed by atoms with van der Waals surface area (Å²) in [5, 5.41) is 6.88. The molecule has 4 aliphatic carbocycles. The summed E-state index contributed by atoms with van der Waals surface area (Å²) in [6, 6.07) is 7.82. The molecule has 1 aromatic carbocycles. The van der Waals surface area contributed by atoms with Gasteiger partial charge < -0.3 is 15.4 Å². The van der Waals surface area contributed by atoms with Crippen molar-refractivity contribution in [2.75, 3.05) is 13.1 Å². The molecule has 4 bridgehead atoms. The third-order valence-corrected chi connectivity index (χ3v) is 9.13. The molecule has 0 radical (unpaired) electrons. The average Bonchev–Trinajstić information content (AvgIpc) is 2.81. The first-order chi connectivity index (χ1) is 16.7. The Morgan fingerprint density at radius 1 is 1.11 bits per heavy atom. The second kappa shape index (κ2) is 12.7. The van der Waals surface area contributed by atoms with E-state index in [1.165, 1.54) is 67.2 Å². The number of aryl methyl sites for hydroxylation is 1. The van der Waals surface area contributed by atoms with Gasteiger partial charge in [-0.15, -0.1) is 0 Å². The van der Waals surface area contributed by atoms with E-state index in [1.54, 1.807) is 6.92 Å². The summed E-state index contributed by atoms with van der Waals surface area (Å²) < 4.78 is 0. The second-order valence-electron chi connectivity index (χ2n) is 12.1. The van der Waals surface area contributed by atoms with Gasteiger partial charge in [-0.1, -0.05) is 57.0 Å². The van der Waals surface area contributed by atoms with E-state index < -0.39 is 0 Å². The Kier molecular flexibility index (Phi) is 10.2. The molecule has 1 heterocycles. The van der Waals surface area contributed by atoms with E-state index in [0.29, 0.717) is 23.3 Å². The van der Waals surface area contributed by atoms with Gasteiger partial charge in [-0.2, -0.15) is 0 Å². The third-order valence-electron chi connectivity index (χ3n) is 9.13. The molecule has 0 spiro atoms. The molecule has 3 nitrogen and oxygen atoms in total. The normalized spacial score (nSPS) is 32.3. The molecule has 2 N–H and O–H groups in total. The first-order valence-electron chi connectivity index (χ1n) is 14.4. The van der Waals surface area contributed by atoms with Gasteiger partial charge in [0.2, 0.25) is 0 Å².